The van der Waals surface area contributed by atoms with Crippen molar-refractivity contribution in [2.45, 2.75) is 0 Å². The highest BCUT2D eigenvalue weighted by molar-refractivity contribution is 5.96. The fourth-order valence-electron chi connectivity index (χ4n) is 1.80. The minimum atomic E-state index is -1.33. The first-order valence-corrected chi connectivity index (χ1v) is 6.60. The Labute approximate surface area is 135 Å². The Kier molecular flexibility index (Phi) is 4.95. The van der Waals surface area contributed by atoms with Crippen molar-refractivity contribution in [3.05, 3.63) is 58.1 Å². The zero-order chi connectivity index (χ0) is 17.7. The molecule has 3 N–H and O–H groups in total. The van der Waals surface area contributed by atoms with Crippen molar-refractivity contribution in [2.24, 2.45) is 0 Å². The molecule has 2 aromatic rings. The number of carbonyl (C=O) groups excluding carboxylic acids is 1. The Bertz CT molecular complexity index is 787. The third kappa shape index (κ3) is 4.19. The van der Waals surface area contributed by atoms with E-state index in [1.807, 2.05) is 0 Å². The van der Waals surface area contributed by atoms with Crippen LogP contribution in [0.15, 0.2) is 42.5 Å². The van der Waals surface area contributed by atoms with E-state index in [1.165, 1.54) is 30.3 Å². The Morgan fingerprint density at radius 3 is 2.42 bits per heavy atom. The van der Waals surface area contributed by atoms with Gasteiger partial charge in [0.2, 0.25) is 0 Å². The summed E-state index contributed by atoms with van der Waals surface area (Å²) in [5, 5.41) is 31.2. The summed E-state index contributed by atoms with van der Waals surface area (Å²) < 4.78 is 5.18. The van der Waals surface area contributed by atoms with Crippen LogP contribution in [0, 0.1) is 10.1 Å². The molecule has 9 heteroatoms. The number of carboxylic acids is 1. The number of carboxylic acid groups (broad SMARTS) is 1. The van der Waals surface area contributed by atoms with Gasteiger partial charge in [-0.2, -0.15) is 0 Å². The molecule has 24 heavy (non-hydrogen) atoms. The number of anilines is 1. The van der Waals surface area contributed by atoms with E-state index in [1.54, 1.807) is 0 Å². The molecule has 0 aliphatic heterocycles. The van der Waals surface area contributed by atoms with Crippen molar-refractivity contribution in [1.82, 2.24) is 0 Å². The van der Waals surface area contributed by atoms with Crippen LogP contribution in [0.4, 0.5) is 11.4 Å². The number of nitrogens with zero attached hydrogens (tertiary/aromatic N) is 1. The molecule has 124 valence electrons. The summed E-state index contributed by atoms with van der Waals surface area (Å²) in [4.78, 5) is 32.6. The van der Waals surface area contributed by atoms with E-state index in [-0.39, 0.29) is 29.3 Å². The third-order valence-corrected chi connectivity index (χ3v) is 2.93. The van der Waals surface area contributed by atoms with Crippen LogP contribution in [0.3, 0.4) is 0 Å². The van der Waals surface area contributed by atoms with Gasteiger partial charge >= 0.3 is 5.97 Å². The molecule has 1 amide bonds. The van der Waals surface area contributed by atoms with E-state index in [4.69, 9.17) is 9.84 Å². The number of ether oxygens (including phenoxy) is 1. The van der Waals surface area contributed by atoms with Gasteiger partial charge in [0.05, 0.1) is 4.92 Å². The van der Waals surface area contributed by atoms with E-state index >= 15 is 0 Å². The van der Waals surface area contributed by atoms with Gasteiger partial charge in [0, 0.05) is 17.8 Å². The molecule has 0 saturated heterocycles. The van der Waals surface area contributed by atoms with Crippen LogP contribution >= 0.6 is 0 Å². The monoisotopic (exact) mass is 332 g/mol. The molecule has 0 unspecified atom stereocenters. The quantitative estimate of drug-likeness (QED) is 0.417. The Hall–Kier alpha value is -3.62. The second-order valence-electron chi connectivity index (χ2n) is 4.62. The number of benzene rings is 2. The standard InChI is InChI=1S/C15H12N2O7/c18-13-6-1-9(7-12(13)15(20)21)16-14(19)8-24-11-4-2-10(3-5-11)17(22)23/h1-7,18H,8H2,(H,16,19)(H,20,21). The number of rotatable bonds is 6. The number of phenols is 1. The van der Waals surface area contributed by atoms with E-state index in [2.05, 4.69) is 5.32 Å². The van der Waals surface area contributed by atoms with E-state index in [9.17, 15) is 24.8 Å². The normalized spacial score (nSPS) is 10.0. The second-order valence-corrected chi connectivity index (χ2v) is 4.62. The highest BCUT2D eigenvalue weighted by Crippen LogP contribution is 2.21. The number of nitrogens with one attached hydrogen (secondary N) is 1. The van der Waals surface area contributed by atoms with Crippen LogP contribution in [0.25, 0.3) is 0 Å². The molecule has 9 nitrogen and oxygen atoms in total. The molecular formula is C15H12N2O7. The van der Waals surface area contributed by atoms with Crippen LogP contribution in [0.1, 0.15) is 10.4 Å². The molecule has 0 heterocycles. The topological polar surface area (TPSA) is 139 Å². The van der Waals surface area contributed by atoms with Crippen LogP contribution in [-0.4, -0.2) is 33.6 Å². The molecule has 0 saturated carbocycles. The first-order valence-electron chi connectivity index (χ1n) is 6.60. The molecule has 0 aromatic heterocycles. The maximum atomic E-state index is 11.8. The number of amides is 1. The fraction of sp³-hybridized carbons (Fsp3) is 0.0667. The lowest BCUT2D eigenvalue weighted by molar-refractivity contribution is -0.384. The molecule has 0 atom stereocenters. The van der Waals surface area contributed by atoms with Crippen LogP contribution in [0.5, 0.6) is 11.5 Å². The average Bonchev–Trinajstić information content (AvgIpc) is 2.55. The number of nitro groups is 1. The van der Waals surface area contributed by atoms with Gasteiger partial charge in [-0.25, -0.2) is 4.79 Å². The number of hydrogen-bond acceptors (Lipinski definition) is 6. The molecule has 0 aliphatic rings. The largest absolute Gasteiger partial charge is 0.507 e. The smallest absolute Gasteiger partial charge is 0.339 e. The SMILES string of the molecule is O=C(COc1ccc([N+](=O)[O-])cc1)Nc1ccc(O)c(C(=O)O)c1. The average molecular weight is 332 g/mol. The lowest BCUT2D eigenvalue weighted by Gasteiger charge is -2.08. The van der Waals surface area contributed by atoms with Crippen molar-refractivity contribution >= 4 is 23.3 Å². The summed E-state index contributed by atoms with van der Waals surface area (Å²) in [5.41, 5.74) is -0.260. The van der Waals surface area contributed by atoms with Crippen molar-refractivity contribution in [3.63, 3.8) is 0 Å². The molecule has 0 aliphatic carbocycles. The third-order valence-electron chi connectivity index (χ3n) is 2.93. The van der Waals surface area contributed by atoms with Crippen molar-refractivity contribution in [3.8, 4) is 11.5 Å². The number of non-ortho nitro benzene ring substituents is 1. The summed E-state index contributed by atoms with van der Waals surface area (Å²) in [6.45, 7) is -0.374. The second kappa shape index (κ2) is 7.09. The summed E-state index contributed by atoms with van der Waals surface area (Å²) in [7, 11) is 0. The van der Waals surface area contributed by atoms with Gasteiger partial charge in [0.15, 0.2) is 6.61 Å². The Balaban J connectivity index is 1.95. The highest BCUT2D eigenvalue weighted by atomic mass is 16.6. The number of aromatic hydroxyl groups is 1. The lowest BCUT2D eigenvalue weighted by atomic mass is 10.2. The van der Waals surface area contributed by atoms with Gasteiger partial charge in [-0.3, -0.25) is 14.9 Å². The van der Waals surface area contributed by atoms with Crippen LogP contribution in [-0.2, 0) is 4.79 Å². The minimum Gasteiger partial charge on any atom is -0.507 e. The molecular weight excluding hydrogens is 320 g/mol. The maximum Gasteiger partial charge on any atom is 0.339 e. The van der Waals surface area contributed by atoms with Gasteiger partial charge < -0.3 is 20.3 Å². The molecule has 2 aromatic carbocycles. The Morgan fingerprint density at radius 2 is 1.83 bits per heavy atom. The summed E-state index contributed by atoms with van der Waals surface area (Å²) in [6.07, 6.45) is 0. The predicted molar refractivity (Wildman–Crippen MR) is 82.3 cm³/mol. The molecule has 2 rings (SSSR count). The zero-order valence-electron chi connectivity index (χ0n) is 12.1. The maximum absolute atomic E-state index is 11.8. The predicted octanol–water partition coefficient (Wildman–Crippen LogP) is 2.02. The molecule has 0 bridgehead atoms. The van der Waals surface area contributed by atoms with Gasteiger partial charge in [-0.05, 0) is 30.3 Å². The van der Waals surface area contributed by atoms with Gasteiger partial charge in [-0.15, -0.1) is 0 Å². The number of carbonyl (C=O) groups is 2. The summed E-state index contributed by atoms with van der Waals surface area (Å²) in [6, 6.07) is 8.80. The highest BCUT2D eigenvalue weighted by Gasteiger charge is 2.12. The first kappa shape index (κ1) is 16.7. The van der Waals surface area contributed by atoms with Crippen LogP contribution in [0.2, 0.25) is 0 Å². The van der Waals surface area contributed by atoms with Crippen molar-refractivity contribution in [2.75, 3.05) is 11.9 Å². The summed E-state index contributed by atoms with van der Waals surface area (Å²) >= 11 is 0. The Morgan fingerprint density at radius 1 is 1.17 bits per heavy atom. The van der Waals surface area contributed by atoms with Gasteiger partial charge in [-0.1, -0.05) is 0 Å². The van der Waals surface area contributed by atoms with E-state index < -0.39 is 22.5 Å². The number of aromatic carboxylic acids is 1. The number of nitro benzene ring substituents is 1. The van der Waals surface area contributed by atoms with Crippen molar-refractivity contribution in [1.29, 1.82) is 0 Å². The van der Waals surface area contributed by atoms with E-state index in [0.29, 0.717) is 0 Å². The molecule has 0 spiro atoms. The van der Waals surface area contributed by atoms with Crippen molar-refractivity contribution < 1.29 is 29.5 Å². The van der Waals surface area contributed by atoms with E-state index in [0.717, 1.165) is 12.1 Å². The molecule has 0 radical (unpaired) electrons. The van der Waals surface area contributed by atoms with Crippen LogP contribution < -0.4 is 10.1 Å². The first-order chi connectivity index (χ1) is 11.4. The lowest BCUT2D eigenvalue weighted by Crippen LogP contribution is -2.20. The minimum absolute atomic E-state index is 0.0999. The van der Waals surface area contributed by atoms with Gasteiger partial charge in [0.1, 0.15) is 17.1 Å². The summed E-state index contributed by atoms with van der Waals surface area (Å²) in [5.74, 6) is -2.03. The number of hydrogen-bond donors (Lipinski definition) is 3. The zero-order valence-corrected chi connectivity index (χ0v) is 12.1. The van der Waals surface area contributed by atoms with Gasteiger partial charge in [0.25, 0.3) is 11.6 Å². The fourth-order valence-corrected chi connectivity index (χ4v) is 1.80. The molecule has 0 fully saturated rings.